The van der Waals surface area contributed by atoms with E-state index < -0.39 is 0 Å². The van der Waals surface area contributed by atoms with Crippen molar-refractivity contribution in [3.8, 4) is 5.75 Å². The highest BCUT2D eigenvalue weighted by Crippen LogP contribution is 2.19. The molecular weight excluding hydrogens is 265 g/mol. The lowest BCUT2D eigenvalue weighted by atomic mass is 10.1. The van der Waals surface area contributed by atoms with Crippen LogP contribution in [0.15, 0.2) is 42.5 Å². The molecule has 0 aromatic heterocycles. The van der Waals surface area contributed by atoms with Crippen LogP contribution >= 0.6 is 0 Å². The number of nitrogens with one attached hydrogen (secondary N) is 1. The van der Waals surface area contributed by atoms with Gasteiger partial charge in [0.15, 0.2) is 0 Å². The van der Waals surface area contributed by atoms with Crippen molar-refractivity contribution in [2.75, 3.05) is 7.11 Å². The average Bonchev–Trinajstić information content (AvgIpc) is 2.49. The van der Waals surface area contributed by atoms with Gasteiger partial charge in [-0.15, -0.1) is 0 Å². The van der Waals surface area contributed by atoms with E-state index in [9.17, 15) is 4.39 Å². The first-order chi connectivity index (χ1) is 10.1. The summed E-state index contributed by atoms with van der Waals surface area (Å²) in [6.45, 7) is 4.56. The predicted molar refractivity (Wildman–Crippen MR) is 84.1 cm³/mol. The normalized spacial score (nSPS) is 12.2. The third-order valence-electron chi connectivity index (χ3n) is 3.61. The highest BCUT2D eigenvalue weighted by molar-refractivity contribution is 5.33. The van der Waals surface area contributed by atoms with Crippen molar-refractivity contribution in [2.45, 2.75) is 32.9 Å². The van der Waals surface area contributed by atoms with E-state index in [1.54, 1.807) is 20.1 Å². The summed E-state index contributed by atoms with van der Waals surface area (Å²) in [5.41, 5.74) is 2.82. The average molecular weight is 287 g/mol. The smallest absolute Gasteiger partial charge is 0.126 e. The Morgan fingerprint density at radius 1 is 1.19 bits per heavy atom. The molecule has 0 bridgehead atoms. The molecule has 2 aromatic carbocycles. The summed E-state index contributed by atoms with van der Waals surface area (Å²) in [5.74, 6) is 0.763. The molecule has 1 atom stereocenters. The van der Waals surface area contributed by atoms with Crippen LogP contribution in [0.5, 0.6) is 5.75 Å². The molecule has 0 amide bonds. The Labute approximate surface area is 126 Å². The number of para-hydroxylation sites is 1. The van der Waals surface area contributed by atoms with Gasteiger partial charge in [0, 0.05) is 12.6 Å². The topological polar surface area (TPSA) is 21.3 Å². The molecule has 2 rings (SSSR count). The number of aryl methyl sites for hydroxylation is 1. The lowest BCUT2D eigenvalue weighted by Gasteiger charge is -2.16. The Bertz CT molecular complexity index is 598. The van der Waals surface area contributed by atoms with Gasteiger partial charge >= 0.3 is 0 Å². The summed E-state index contributed by atoms with van der Waals surface area (Å²) in [5, 5.41) is 3.42. The fraction of sp³-hybridized carbons (Fsp3) is 0.333. The van der Waals surface area contributed by atoms with Crippen LogP contribution < -0.4 is 10.1 Å². The van der Waals surface area contributed by atoms with Gasteiger partial charge in [-0.3, -0.25) is 0 Å². The molecule has 0 aliphatic rings. The van der Waals surface area contributed by atoms with Gasteiger partial charge in [-0.05, 0) is 49.1 Å². The van der Waals surface area contributed by atoms with Crippen molar-refractivity contribution < 1.29 is 9.13 Å². The highest BCUT2D eigenvalue weighted by Gasteiger charge is 2.08. The molecule has 0 heterocycles. The molecule has 21 heavy (non-hydrogen) atoms. The number of methoxy groups -OCH3 is 1. The van der Waals surface area contributed by atoms with Crippen molar-refractivity contribution >= 4 is 0 Å². The maximum Gasteiger partial charge on any atom is 0.126 e. The Hall–Kier alpha value is -1.87. The van der Waals surface area contributed by atoms with Gasteiger partial charge in [-0.1, -0.05) is 30.3 Å². The Morgan fingerprint density at radius 2 is 1.95 bits per heavy atom. The number of hydrogen-bond donors (Lipinski definition) is 1. The van der Waals surface area contributed by atoms with Crippen LogP contribution in [0.4, 0.5) is 4.39 Å². The summed E-state index contributed by atoms with van der Waals surface area (Å²) in [6.07, 6.45) is 0.873. The lowest BCUT2D eigenvalue weighted by molar-refractivity contribution is 0.406. The largest absolute Gasteiger partial charge is 0.496 e. The Balaban J connectivity index is 1.92. The van der Waals surface area contributed by atoms with Crippen LogP contribution in [0.25, 0.3) is 0 Å². The van der Waals surface area contributed by atoms with Crippen LogP contribution in [-0.4, -0.2) is 13.2 Å². The van der Waals surface area contributed by atoms with Gasteiger partial charge in [-0.2, -0.15) is 0 Å². The summed E-state index contributed by atoms with van der Waals surface area (Å²) in [4.78, 5) is 0. The van der Waals surface area contributed by atoms with Crippen molar-refractivity contribution in [1.29, 1.82) is 0 Å². The van der Waals surface area contributed by atoms with Gasteiger partial charge < -0.3 is 10.1 Å². The second-order valence-electron chi connectivity index (χ2n) is 5.38. The molecule has 3 heteroatoms. The van der Waals surface area contributed by atoms with Crippen LogP contribution in [0.2, 0.25) is 0 Å². The fourth-order valence-electron chi connectivity index (χ4n) is 2.31. The SMILES string of the molecule is COc1ccccc1CC(C)NCc1ccc(C)c(F)c1. The molecule has 112 valence electrons. The van der Waals surface area contributed by atoms with Crippen molar-refractivity contribution in [3.63, 3.8) is 0 Å². The van der Waals surface area contributed by atoms with Crippen LogP contribution in [-0.2, 0) is 13.0 Å². The second-order valence-corrected chi connectivity index (χ2v) is 5.38. The first kappa shape index (κ1) is 15.5. The summed E-state index contributed by atoms with van der Waals surface area (Å²) < 4.78 is 18.9. The monoisotopic (exact) mass is 287 g/mol. The van der Waals surface area contributed by atoms with Gasteiger partial charge in [0.25, 0.3) is 0 Å². The minimum atomic E-state index is -0.147. The minimum absolute atomic E-state index is 0.147. The van der Waals surface area contributed by atoms with E-state index in [-0.39, 0.29) is 11.9 Å². The molecule has 1 unspecified atom stereocenters. The maximum absolute atomic E-state index is 13.5. The fourth-order valence-corrected chi connectivity index (χ4v) is 2.31. The van der Waals surface area contributed by atoms with Gasteiger partial charge in [0.05, 0.1) is 7.11 Å². The Kier molecular flexibility index (Phi) is 5.34. The molecule has 1 N–H and O–H groups in total. The lowest BCUT2D eigenvalue weighted by Crippen LogP contribution is -2.27. The molecular formula is C18H22FNO. The quantitative estimate of drug-likeness (QED) is 0.871. The molecule has 0 saturated heterocycles. The first-order valence-electron chi connectivity index (χ1n) is 7.20. The molecule has 0 fully saturated rings. The molecule has 2 nitrogen and oxygen atoms in total. The molecule has 0 aliphatic heterocycles. The van der Waals surface area contributed by atoms with E-state index in [0.29, 0.717) is 12.1 Å². The zero-order chi connectivity index (χ0) is 15.2. The highest BCUT2D eigenvalue weighted by atomic mass is 19.1. The van der Waals surface area contributed by atoms with Gasteiger partial charge in [0.1, 0.15) is 11.6 Å². The van der Waals surface area contributed by atoms with Crippen molar-refractivity contribution in [3.05, 3.63) is 65.0 Å². The van der Waals surface area contributed by atoms with E-state index >= 15 is 0 Å². The predicted octanol–water partition coefficient (Wildman–Crippen LogP) is 3.86. The zero-order valence-electron chi connectivity index (χ0n) is 12.8. The third kappa shape index (κ3) is 4.30. The zero-order valence-corrected chi connectivity index (χ0v) is 12.8. The van der Waals surface area contributed by atoms with E-state index in [4.69, 9.17) is 4.74 Å². The first-order valence-corrected chi connectivity index (χ1v) is 7.20. The Morgan fingerprint density at radius 3 is 2.67 bits per heavy atom. The molecule has 0 saturated carbocycles. The molecule has 2 aromatic rings. The van der Waals surface area contributed by atoms with Crippen molar-refractivity contribution in [2.24, 2.45) is 0 Å². The minimum Gasteiger partial charge on any atom is -0.496 e. The van der Waals surface area contributed by atoms with Crippen molar-refractivity contribution in [1.82, 2.24) is 5.32 Å². The molecule has 0 aliphatic carbocycles. The van der Waals surface area contributed by atoms with Gasteiger partial charge in [-0.25, -0.2) is 4.39 Å². The molecule has 0 radical (unpaired) electrons. The number of ether oxygens (including phenoxy) is 1. The van der Waals surface area contributed by atoms with Crippen LogP contribution in [0.3, 0.4) is 0 Å². The van der Waals surface area contributed by atoms with E-state index in [2.05, 4.69) is 18.3 Å². The van der Waals surface area contributed by atoms with Crippen LogP contribution in [0, 0.1) is 12.7 Å². The van der Waals surface area contributed by atoms with Gasteiger partial charge in [0.2, 0.25) is 0 Å². The summed E-state index contributed by atoms with van der Waals surface area (Å²) in [7, 11) is 1.69. The number of benzene rings is 2. The second kappa shape index (κ2) is 7.23. The summed E-state index contributed by atoms with van der Waals surface area (Å²) in [6, 6.07) is 13.7. The van der Waals surface area contributed by atoms with E-state index in [1.165, 1.54) is 5.56 Å². The number of halogens is 1. The standard InChI is InChI=1S/C18H22FNO/c1-13-8-9-15(11-17(13)19)12-20-14(2)10-16-6-4-5-7-18(16)21-3/h4-9,11,14,20H,10,12H2,1-3H3. The summed E-state index contributed by atoms with van der Waals surface area (Å²) >= 11 is 0. The van der Waals surface area contributed by atoms with E-state index in [0.717, 1.165) is 17.7 Å². The maximum atomic E-state index is 13.5. The number of rotatable bonds is 6. The molecule has 0 spiro atoms. The third-order valence-corrected chi connectivity index (χ3v) is 3.61. The van der Waals surface area contributed by atoms with E-state index in [1.807, 2.05) is 30.3 Å². The van der Waals surface area contributed by atoms with Crippen LogP contribution in [0.1, 0.15) is 23.6 Å². The number of hydrogen-bond acceptors (Lipinski definition) is 2.